The third kappa shape index (κ3) is 54.9. The lowest BCUT2D eigenvalue weighted by atomic mass is 10.0. The van der Waals surface area contributed by atoms with Crippen molar-refractivity contribution in [2.24, 2.45) is 0 Å². The summed E-state index contributed by atoms with van der Waals surface area (Å²) >= 11 is 0. The first-order valence-corrected chi connectivity index (χ1v) is 28.5. The highest BCUT2D eigenvalue weighted by atomic mass is 16.6. The van der Waals surface area contributed by atoms with Gasteiger partial charge in [0, 0.05) is 19.3 Å². The molecule has 0 amide bonds. The van der Waals surface area contributed by atoms with Gasteiger partial charge in [0.1, 0.15) is 13.2 Å². The monoisotopic (exact) mass is 957 g/mol. The third-order valence-corrected chi connectivity index (χ3v) is 12.0. The maximum Gasteiger partial charge on any atom is 0.306 e. The molecule has 0 bridgehead atoms. The van der Waals surface area contributed by atoms with Gasteiger partial charge in [-0.1, -0.05) is 278 Å². The Hall–Kier alpha value is -3.93. The van der Waals surface area contributed by atoms with Crippen LogP contribution in [0, 0.1) is 0 Å². The predicted molar refractivity (Wildman–Crippen MR) is 297 cm³/mol. The van der Waals surface area contributed by atoms with Crippen LogP contribution in [0.3, 0.4) is 0 Å². The molecule has 0 aliphatic heterocycles. The zero-order valence-corrected chi connectivity index (χ0v) is 44.8. The van der Waals surface area contributed by atoms with Gasteiger partial charge in [0.2, 0.25) is 0 Å². The molecule has 0 radical (unpaired) electrons. The molecule has 0 rings (SSSR count). The van der Waals surface area contributed by atoms with E-state index in [1.807, 2.05) is 60.8 Å². The quantitative estimate of drug-likeness (QED) is 0.0262. The van der Waals surface area contributed by atoms with E-state index in [1.54, 1.807) is 0 Å². The van der Waals surface area contributed by atoms with Crippen LogP contribution in [0.2, 0.25) is 0 Å². The molecule has 0 aliphatic rings. The van der Waals surface area contributed by atoms with Crippen LogP contribution in [0.4, 0.5) is 0 Å². The summed E-state index contributed by atoms with van der Waals surface area (Å²) in [5.74, 6) is -0.965. The fourth-order valence-corrected chi connectivity index (χ4v) is 7.71. The summed E-state index contributed by atoms with van der Waals surface area (Å²) in [5.41, 5.74) is 0. The molecule has 0 aliphatic carbocycles. The zero-order valence-electron chi connectivity index (χ0n) is 44.8. The van der Waals surface area contributed by atoms with Crippen molar-refractivity contribution >= 4 is 17.9 Å². The second kappa shape index (κ2) is 56.7. The second-order valence-electron chi connectivity index (χ2n) is 18.7. The van der Waals surface area contributed by atoms with E-state index in [9.17, 15) is 14.4 Å². The lowest BCUT2D eigenvalue weighted by molar-refractivity contribution is -0.167. The minimum absolute atomic E-state index is 0.103. The summed E-state index contributed by atoms with van der Waals surface area (Å²) in [7, 11) is 0. The Morgan fingerprint density at radius 1 is 0.304 bits per heavy atom. The summed E-state index contributed by atoms with van der Waals surface area (Å²) < 4.78 is 16.8. The molecule has 1 unspecified atom stereocenters. The van der Waals surface area contributed by atoms with Crippen molar-refractivity contribution < 1.29 is 28.6 Å². The summed E-state index contributed by atoms with van der Waals surface area (Å²) in [4.78, 5) is 38.2. The van der Waals surface area contributed by atoms with Crippen LogP contribution in [-0.4, -0.2) is 37.2 Å². The van der Waals surface area contributed by atoms with Crippen LogP contribution in [0.1, 0.15) is 252 Å². The Morgan fingerprint density at radius 2 is 0.565 bits per heavy atom. The van der Waals surface area contributed by atoms with Crippen LogP contribution in [-0.2, 0) is 28.6 Å². The van der Waals surface area contributed by atoms with Crippen molar-refractivity contribution in [3.8, 4) is 0 Å². The highest BCUT2D eigenvalue weighted by Gasteiger charge is 2.19. The van der Waals surface area contributed by atoms with Crippen molar-refractivity contribution in [2.75, 3.05) is 13.2 Å². The van der Waals surface area contributed by atoms with Crippen LogP contribution in [0.25, 0.3) is 0 Å². The van der Waals surface area contributed by atoms with Crippen LogP contribution >= 0.6 is 0 Å². The van der Waals surface area contributed by atoms with Gasteiger partial charge in [0.05, 0.1) is 0 Å². The van der Waals surface area contributed by atoms with E-state index in [0.29, 0.717) is 19.3 Å². The van der Waals surface area contributed by atoms with Gasteiger partial charge >= 0.3 is 17.9 Å². The van der Waals surface area contributed by atoms with E-state index in [0.717, 1.165) is 89.9 Å². The van der Waals surface area contributed by atoms with Gasteiger partial charge in [-0.05, 0) is 64.2 Å². The Kier molecular flexibility index (Phi) is 53.4. The molecule has 6 nitrogen and oxygen atoms in total. The highest BCUT2D eigenvalue weighted by molar-refractivity contribution is 5.71. The van der Waals surface area contributed by atoms with E-state index in [2.05, 4.69) is 69.4 Å². The highest BCUT2D eigenvalue weighted by Crippen LogP contribution is 2.15. The number of carbonyl (C=O) groups excluding carboxylic acids is 3. The first kappa shape index (κ1) is 65.1. The first-order valence-electron chi connectivity index (χ1n) is 28.5. The van der Waals surface area contributed by atoms with Gasteiger partial charge in [-0.25, -0.2) is 0 Å². The Labute approximate surface area is 425 Å². The minimum Gasteiger partial charge on any atom is -0.462 e. The summed E-state index contributed by atoms with van der Waals surface area (Å²) in [6, 6.07) is 0. The van der Waals surface area contributed by atoms with Gasteiger partial charge < -0.3 is 14.2 Å². The maximum atomic E-state index is 12.8. The molecule has 6 heteroatoms. The number of allylic oxidation sites excluding steroid dienone is 18. The van der Waals surface area contributed by atoms with Crippen molar-refractivity contribution in [1.82, 2.24) is 0 Å². The van der Waals surface area contributed by atoms with E-state index in [-0.39, 0.29) is 37.5 Å². The molecule has 0 fully saturated rings. The van der Waals surface area contributed by atoms with Gasteiger partial charge in [-0.2, -0.15) is 0 Å². The number of unbranched alkanes of at least 4 members (excludes halogenated alkanes) is 28. The lowest BCUT2D eigenvalue weighted by Crippen LogP contribution is -2.30. The SMILES string of the molecule is CC\C=C/C=C\C=C/C=C\C=C\C=C/CCCCCC(=O)OC(COC(=O)CCCCCCC\C=C/C=C\C=C/CCCCCCC)COC(=O)CCCCCCCCCCCCCCCCCC. The average molecular weight is 958 g/mol. The molecule has 69 heavy (non-hydrogen) atoms. The van der Waals surface area contributed by atoms with Gasteiger partial charge in [-0.15, -0.1) is 0 Å². The Morgan fingerprint density at radius 3 is 0.899 bits per heavy atom. The molecule has 0 aromatic rings. The normalized spacial score (nSPS) is 12.9. The Bertz CT molecular complexity index is 1420. The smallest absolute Gasteiger partial charge is 0.306 e. The number of hydrogen-bond donors (Lipinski definition) is 0. The van der Waals surface area contributed by atoms with Gasteiger partial charge in [-0.3, -0.25) is 14.4 Å². The van der Waals surface area contributed by atoms with Crippen LogP contribution < -0.4 is 0 Å². The van der Waals surface area contributed by atoms with Crippen molar-refractivity contribution in [2.45, 2.75) is 258 Å². The average Bonchev–Trinajstić information content (AvgIpc) is 3.35. The van der Waals surface area contributed by atoms with Crippen molar-refractivity contribution in [3.63, 3.8) is 0 Å². The molecule has 0 saturated carbocycles. The summed E-state index contributed by atoms with van der Waals surface area (Å²) in [5, 5.41) is 0. The number of carbonyl (C=O) groups is 3. The topological polar surface area (TPSA) is 78.9 Å². The summed E-state index contributed by atoms with van der Waals surface area (Å²) in [6.07, 6.45) is 76.4. The fraction of sp³-hybridized carbons (Fsp3) is 0.667. The largest absolute Gasteiger partial charge is 0.462 e. The van der Waals surface area contributed by atoms with E-state index >= 15 is 0 Å². The first-order chi connectivity index (χ1) is 34.0. The van der Waals surface area contributed by atoms with E-state index in [1.165, 1.54) is 116 Å². The predicted octanol–water partition coefficient (Wildman–Crippen LogP) is 19.1. The van der Waals surface area contributed by atoms with Crippen molar-refractivity contribution in [1.29, 1.82) is 0 Å². The number of rotatable bonds is 50. The maximum absolute atomic E-state index is 12.8. The molecule has 392 valence electrons. The molecular weight excluding hydrogens is 853 g/mol. The Balaban J connectivity index is 4.52. The second-order valence-corrected chi connectivity index (χ2v) is 18.7. The lowest BCUT2D eigenvalue weighted by Gasteiger charge is -2.18. The van der Waals surface area contributed by atoms with Crippen LogP contribution in [0.15, 0.2) is 109 Å². The molecule has 1 atom stereocenters. The number of esters is 3. The van der Waals surface area contributed by atoms with Crippen molar-refractivity contribution in [3.05, 3.63) is 109 Å². The molecular formula is C63H104O6. The van der Waals surface area contributed by atoms with Crippen LogP contribution in [0.5, 0.6) is 0 Å². The zero-order chi connectivity index (χ0) is 50.0. The van der Waals surface area contributed by atoms with E-state index in [4.69, 9.17) is 14.2 Å². The fourth-order valence-electron chi connectivity index (χ4n) is 7.71. The molecule has 0 spiro atoms. The standard InChI is InChI=1S/C63H104O6/c1-4-7-10-13-16-19-22-25-28-31-33-35-38-41-44-47-50-53-56-62(65)68-59-60(58-67-61(64)55-52-49-46-43-40-37-34-30-27-24-21-18-15-12-9-6-3)69-63(66)57-54-51-48-45-42-39-36-32-29-26-23-20-17-14-11-8-5-2/h8,11,14,17,20,22-23,25-26,28-29,31-33,35-36,39,42,60H,4-7,9-10,12-13,15-16,18-19,21,24,27,30,34,37-38,40-41,43-59H2,1-3H3/b11-8-,17-14-,23-20-,25-22-,29-26-,31-28-,35-33-,36-32+,42-39-. The summed E-state index contributed by atoms with van der Waals surface area (Å²) in [6.45, 7) is 6.43. The van der Waals surface area contributed by atoms with Gasteiger partial charge in [0.25, 0.3) is 0 Å². The van der Waals surface area contributed by atoms with E-state index < -0.39 is 6.10 Å². The minimum atomic E-state index is -0.811. The molecule has 0 aromatic heterocycles. The molecule has 0 aromatic carbocycles. The molecule has 0 N–H and O–H groups in total. The number of ether oxygens (including phenoxy) is 3. The number of hydrogen-bond acceptors (Lipinski definition) is 6. The third-order valence-electron chi connectivity index (χ3n) is 12.0. The molecule has 0 saturated heterocycles. The molecule has 0 heterocycles. The van der Waals surface area contributed by atoms with Gasteiger partial charge in [0.15, 0.2) is 6.10 Å².